The van der Waals surface area contributed by atoms with Gasteiger partial charge in [-0.1, -0.05) is 12.1 Å². The molecule has 1 aliphatic heterocycles. The van der Waals surface area contributed by atoms with Gasteiger partial charge < -0.3 is 15.4 Å². The Kier molecular flexibility index (Phi) is 4.66. The summed E-state index contributed by atoms with van der Waals surface area (Å²) in [6, 6.07) is 5.96. The average Bonchev–Trinajstić information content (AvgIpc) is 2.40. The molecule has 0 radical (unpaired) electrons. The van der Waals surface area contributed by atoms with Gasteiger partial charge in [-0.05, 0) is 18.6 Å². The van der Waals surface area contributed by atoms with E-state index in [1.54, 1.807) is 12.1 Å². The van der Waals surface area contributed by atoms with Crippen molar-refractivity contribution in [3.8, 4) is 0 Å². The second kappa shape index (κ2) is 6.47. The summed E-state index contributed by atoms with van der Waals surface area (Å²) >= 11 is 0. The number of amides is 1. The quantitative estimate of drug-likeness (QED) is 0.838. The van der Waals surface area contributed by atoms with Crippen LogP contribution in [0.15, 0.2) is 24.3 Å². The Labute approximate surface area is 106 Å². The maximum absolute atomic E-state index is 13.3. The van der Waals surface area contributed by atoms with Crippen LogP contribution < -0.4 is 10.6 Å². The zero-order chi connectivity index (χ0) is 12.8. The monoisotopic (exact) mass is 252 g/mol. The van der Waals surface area contributed by atoms with E-state index in [9.17, 15) is 9.18 Å². The second-order valence-electron chi connectivity index (χ2n) is 4.22. The van der Waals surface area contributed by atoms with Gasteiger partial charge in [0.25, 0.3) is 5.91 Å². The van der Waals surface area contributed by atoms with Crippen LogP contribution in [0.2, 0.25) is 0 Å². The van der Waals surface area contributed by atoms with E-state index >= 15 is 0 Å². The smallest absolute Gasteiger partial charge is 0.254 e. The zero-order valence-corrected chi connectivity index (χ0v) is 10.1. The molecule has 0 bridgehead atoms. The summed E-state index contributed by atoms with van der Waals surface area (Å²) < 4.78 is 18.8. The summed E-state index contributed by atoms with van der Waals surface area (Å²) in [4.78, 5) is 11.7. The van der Waals surface area contributed by atoms with Crippen LogP contribution in [0.5, 0.6) is 0 Å². The Bertz CT molecular complexity index is 406. The molecule has 5 heteroatoms. The third-order valence-electron chi connectivity index (χ3n) is 2.87. The van der Waals surface area contributed by atoms with E-state index in [2.05, 4.69) is 10.6 Å². The number of ether oxygens (including phenoxy) is 1. The molecule has 1 aliphatic rings. The lowest BCUT2D eigenvalue weighted by Crippen LogP contribution is -2.40. The Morgan fingerprint density at radius 3 is 3.06 bits per heavy atom. The summed E-state index contributed by atoms with van der Waals surface area (Å²) in [6.07, 6.45) is 0.854. The van der Waals surface area contributed by atoms with Gasteiger partial charge in [-0.2, -0.15) is 0 Å². The SMILES string of the molecule is O=C(NCCC1CNCCO1)c1ccccc1F. The highest BCUT2D eigenvalue weighted by Crippen LogP contribution is 2.06. The first-order valence-corrected chi connectivity index (χ1v) is 6.12. The summed E-state index contributed by atoms with van der Waals surface area (Å²) in [5.41, 5.74) is 0.0835. The van der Waals surface area contributed by atoms with Gasteiger partial charge in [-0.15, -0.1) is 0 Å². The van der Waals surface area contributed by atoms with Crippen LogP contribution in [0.1, 0.15) is 16.8 Å². The van der Waals surface area contributed by atoms with Crippen LogP contribution in [0, 0.1) is 5.82 Å². The molecule has 18 heavy (non-hydrogen) atoms. The second-order valence-corrected chi connectivity index (χ2v) is 4.22. The van der Waals surface area contributed by atoms with Gasteiger partial charge in [0.2, 0.25) is 0 Å². The van der Waals surface area contributed by atoms with Crippen molar-refractivity contribution in [2.45, 2.75) is 12.5 Å². The molecule has 0 aromatic heterocycles. The number of halogens is 1. The third kappa shape index (κ3) is 3.51. The van der Waals surface area contributed by atoms with Gasteiger partial charge in [0.1, 0.15) is 5.82 Å². The molecule has 1 aromatic carbocycles. The van der Waals surface area contributed by atoms with Crippen LogP contribution in [-0.2, 0) is 4.74 Å². The molecule has 1 atom stereocenters. The molecular formula is C13H17FN2O2. The number of hydrogen-bond acceptors (Lipinski definition) is 3. The van der Waals surface area contributed by atoms with Gasteiger partial charge in [-0.25, -0.2) is 4.39 Å². The number of hydrogen-bond donors (Lipinski definition) is 2. The molecule has 98 valence electrons. The highest BCUT2D eigenvalue weighted by atomic mass is 19.1. The molecule has 1 amide bonds. The molecule has 0 spiro atoms. The van der Waals surface area contributed by atoms with Crippen LogP contribution in [-0.4, -0.2) is 38.3 Å². The van der Waals surface area contributed by atoms with Gasteiger partial charge in [0.05, 0.1) is 18.3 Å². The van der Waals surface area contributed by atoms with Crippen LogP contribution >= 0.6 is 0 Å². The van der Waals surface area contributed by atoms with E-state index in [1.807, 2.05) is 0 Å². The molecule has 1 fully saturated rings. The minimum absolute atomic E-state index is 0.0835. The number of morpholine rings is 1. The number of carbonyl (C=O) groups excluding carboxylic acids is 1. The molecule has 0 saturated carbocycles. The van der Waals surface area contributed by atoms with Crippen molar-refractivity contribution in [3.63, 3.8) is 0 Å². The summed E-state index contributed by atoms with van der Waals surface area (Å²) in [5, 5.41) is 5.92. The van der Waals surface area contributed by atoms with Crippen molar-refractivity contribution in [1.82, 2.24) is 10.6 Å². The normalized spacial score (nSPS) is 19.5. The Balaban J connectivity index is 1.76. The van der Waals surface area contributed by atoms with Gasteiger partial charge in [0.15, 0.2) is 0 Å². The Hall–Kier alpha value is -1.46. The Morgan fingerprint density at radius 2 is 2.33 bits per heavy atom. The molecule has 1 unspecified atom stereocenters. The molecule has 1 heterocycles. The predicted molar refractivity (Wildman–Crippen MR) is 66.0 cm³/mol. The topological polar surface area (TPSA) is 50.4 Å². The molecule has 1 aromatic rings. The third-order valence-corrected chi connectivity index (χ3v) is 2.87. The fourth-order valence-electron chi connectivity index (χ4n) is 1.89. The van der Waals surface area contributed by atoms with E-state index in [4.69, 9.17) is 4.74 Å². The van der Waals surface area contributed by atoms with Gasteiger partial charge in [-0.3, -0.25) is 4.79 Å². The first-order valence-electron chi connectivity index (χ1n) is 6.12. The van der Waals surface area contributed by atoms with E-state index in [-0.39, 0.29) is 17.6 Å². The number of benzene rings is 1. The average molecular weight is 252 g/mol. The fourth-order valence-corrected chi connectivity index (χ4v) is 1.89. The summed E-state index contributed by atoms with van der Waals surface area (Å²) in [6.45, 7) is 2.86. The highest BCUT2D eigenvalue weighted by Gasteiger charge is 2.14. The van der Waals surface area contributed by atoms with Crippen LogP contribution in [0.4, 0.5) is 4.39 Å². The minimum Gasteiger partial charge on any atom is -0.376 e. The summed E-state index contributed by atoms with van der Waals surface area (Å²) in [5.74, 6) is -0.873. The maximum Gasteiger partial charge on any atom is 0.254 e. The largest absolute Gasteiger partial charge is 0.376 e. The predicted octanol–water partition coefficient (Wildman–Crippen LogP) is 0.934. The van der Waals surface area contributed by atoms with E-state index in [0.29, 0.717) is 13.2 Å². The Morgan fingerprint density at radius 1 is 1.50 bits per heavy atom. The number of nitrogens with one attached hydrogen (secondary N) is 2. The van der Waals surface area contributed by atoms with Crippen LogP contribution in [0.3, 0.4) is 0 Å². The molecule has 0 aliphatic carbocycles. The van der Waals surface area contributed by atoms with Crippen molar-refractivity contribution in [2.75, 3.05) is 26.2 Å². The first-order chi connectivity index (χ1) is 8.77. The standard InChI is InChI=1S/C13H17FN2O2/c14-12-4-2-1-3-11(12)13(17)16-6-5-10-9-15-7-8-18-10/h1-4,10,15H,5-9H2,(H,16,17). The summed E-state index contributed by atoms with van der Waals surface area (Å²) in [7, 11) is 0. The van der Waals surface area contributed by atoms with Crippen molar-refractivity contribution < 1.29 is 13.9 Å². The van der Waals surface area contributed by atoms with Crippen LogP contribution in [0.25, 0.3) is 0 Å². The minimum atomic E-state index is -0.495. The molecular weight excluding hydrogens is 235 g/mol. The van der Waals surface area contributed by atoms with Gasteiger partial charge in [0, 0.05) is 19.6 Å². The fraction of sp³-hybridized carbons (Fsp3) is 0.462. The van der Waals surface area contributed by atoms with Gasteiger partial charge >= 0.3 is 0 Å². The number of carbonyl (C=O) groups is 1. The lowest BCUT2D eigenvalue weighted by molar-refractivity contribution is 0.0239. The van der Waals surface area contributed by atoms with Crippen molar-refractivity contribution in [1.29, 1.82) is 0 Å². The van der Waals surface area contributed by atoms with E-state index in [0.717, 1.165) is 19.5 Å². The molecule has 2 N–H and O–H groups in total. The zero-order valence-electron chi connectivity index (χ0n) is 10.1. The van der Waals surface area contributed by atoms with E-state index < -0.39 is 5.82 Å². The lowest BCUT2D eigenvalue weighted by atomic mass is 10.2. The highest BCUT2D eigenvalue weighted by molar-refractivity contribution is 5.94. The molecule has 2 rings (SSSR count). The number of rotatable bonds is 4. The molecule has 1 saturated heterocycles. The lowest BCUT2D eigenvalue weighted by Gasteiger charge is -2.23. The maximum atomic E-state index is 13.3. The van der Waals surface area contributed by atoms with E-state index in [1.165, 1.54) is 12.1 Å². The van der Waals surface area contributed by atoms with Crippen molar-refractivity contribution in [2.24, 2.45) is 0 Å². The van der Waals surface area contributed by atoms with Crippen molar-refractivity contribution in [3.05, 3.63) is 35.6 Å². The first kappa shape index (κ1) is 13.0. The molecule has 4 nitrogen and oxygen atoms in total. The van der Waals surface area contributed by atoms with Crippen molar-refractivity contribution >= 4 is 5.91 Å².